The molecular weight excluding hydrogens is 478 g/mol. The van der Waals surface area contributed by atoms with Gasteiger partial charge in [0.15, 0.2) is 17.7 Å². The Morgan fingerprint density at radius 1 is 1.12 bits per heavy atom. The standard InChI is InChI=1S/C23H16ClN5O4S/c24-16-7-3-1-5-14(16)12-34-23-26-22-20(27-28-23)15-6-2-4-8-17(15)25-21(33-22)13-9-10-19(30)18(11-13)29(31)32/h1-11,21,25,30H,12H2/t21-/m1/s1. The number of para-hydroxylation sites is 1. The van der Waals surface area contributed by atoms with Gasteiger partial charge in [-0.1, -0.05) is 59.8 Å². The molecule has 2 N–H and O–H groups in total. The molecule has 1 aromatic heterocycles. The van der Waals surface area contributed by atoms with Crippen molar-refractivity contribution in [3.63, 3.8) is 0 Å². The summed E-state index contributed by atoms with van der Waals surface area (Å²) in [5, 5.41) is 34.1. The predicted octanol–water partition coefficient (Wildman–Crippen LogP) is 5.60. The van der Waals surface area contributed by atoms with Crippen LogP contribution in [0.15, 0.2) is 71.9 Å². The average Bonchev–Trinajstić information content (AvgIpc) is 3.00. The highest BCUT2D eigenvalue weighted by Gasteiger charge is 2.27. The van der Waals surface area contributed by atoms with Gasteiger partial charge in [-0.05, 0) is 29.8 Å². The van der Waals surface area contributed by atoms with Crippen molar-refractivity contribution in [1.29, 1.82) is 0 Å². The number of thioether (sulfide) groups is 1. The second-order valence-corrected chi connectivity index (χ2v) is 8.67. The molecule has 4 aromatic rings. The van der Waals surface area contributed by atoms with Crippen molar-refractivity contribution in [2.75, 3.05) is 5.32 Å². The van der Waals surface area contributed by atoms with Gasteiger partial charge in [-0.2, -0.15) is 4.98 Å². The van der Waals surface area contributed by atoms with E-state index >= 15 is 0 Å². The number of hydrogen-bond acceptors (Lipinski definition) is 9. The lowest BCUT2D eigenvalue weighted by Gasteiger charge is -2.19. The highest BCUT2D eigenvalue weighted by Crippen LogP contribution is 2.40. The van der Waals surface area contributed by atoms with E-state index in [4.69, 9.17) is 16.3 Å². The largest absolute Gasteiger partial charge is 0.502 e. The van der Waals surface area contributed by atoms with Gasteiger partial charge in [-0.15, -0.1) is 10.2 Å². The maximum atomic E-state index is 11.3. The number of halogens is 1. The summed E-state index contributed by atoms with van der Waals surface area (Å²) in [7, 11) is 0. The zero-order valence-corrected chi connectivity index (χ0v) is 19.0. The molecule has 34 heavy (non-hydrogen) atoms. The fraction of sp³-hybridized carbons (Fsp3) is 0.0870. The summed E-state index contributed by atoms with van der Waals surface area (Å²) in [4.78, 5) is 15.2. The Labute approximate surface area is 202 Å². The third kappa shape index (κ3) is 4.33. The van der Waals surface area contributed by atoms with Crippen LogP contribution in [0.3, 0.4) is 0 Å². The van der Waals surface area contributed by atoms with Crippen molar-refractivity contribution in [2.45, 2.75) is 17.1 Å². The van der Waals surface area contributed by atoms with Crippen LogP contribution in [-0.4, -0.2) is 25.2 Å². The van der Waals surface area contributed by atoms with E-state index in [9.17, 15) is 15.2 Å². The van der Waals surface area contributed by atoms with Gasteiger partial charge in [0.25, 0.3) is 0 Å². The predicted molar refractivity (Wildman–Crippen MR) is 128 cm³/mol. The Morgan fingerprint density at radius 2 is 1.91 bits per heavy atom. The fourth-order valence-electron chi connectivity index (χ4n) is 3.47. The first-order valence-electron chi connectivity index (χ1n) is 10.1. The molecule has 0 amide bonds. The zero-order chi connectivity index (χ0) is 23.7. The van der Waals surface area contributed by atoms with Gasteiger partial charge in [0, 0.05) is 33.7 Å². The van der Waals surface area contributed by atoms with Crippen LogP contribution in [0.4, 0.5) is 11.4 Å². The summed E-state index contributed by atoms with van der Waals surface area (Å²) in [5.41, 5.74) is 2.84. The van der Waals surface area contributed by atoms with Crippen molar-refractivity contribution in [3.05, 3.63) is 93.0 Å². The van der Waals surface area contributed by atoms with Gasteiger partial charge in [-0.3, -0.25) is 10.1 Å². The zero-order valence-electron chi connectivity index (χ0n) is 17.4. The van der Waals surface area contributed by atoms with E-state index in [-0.39, 0.29) is 5.88 Å². The number of nitrogens with zero attached hydrogens (tertiary/aromatic N) is 4. The lowest BCUT2D eigenvalue weighted by Crippen LogP contribution is -2.17. The van der Waals surface area contributed by atoms with Crippen LogP contribution in [-0.2, 0) is 5.75 Å². The number of aromatic hydroxyl groups is 1. The first-order chi connectivity index (χ1) is 16.5. The third-order valence-electron chi connectivity index (χ3n) is 5.15. The van der Waals surface area contributed by atoms with Crippen molar-refractivity contribution < 1.29 is 14.8 Å². The number of anilines is 1. The summed E-state index contributed by atoms with van der Waals surface area (Å²) in [5.74, 6) is 0.350. The number of phenolic OH excluding ortho intramolecular Hbond substituents is 1. The van der Waals surface area contributed by atoms with Gasteiger partial charge in [0.05, 0.1) is 4.92 Å². The van der Waals surface area contributed by atoms with E-state index in [1.165, 1.54) is 23.9 Å². The van der Waals surface area contributed by atoms with Crippen LogP contribution >= 0.6 is 23.4 Å². The molecule has 3 aromatic carbocycles. The molecular formula is C23H16ClN5O4S. The monoisotopic (exact) mass is 493 g/mol. The van der Waals surface area contributed by atoms with E-state index in [0.29, 0.717) is 32.9 Å². The van der Waals surface area contributed by atoms with Crippen molar-refractivity contribution in [3.8, 4) is 22.9 Å². The summed E-state index contributed by atoms with van der Waals surface area (Å²) < 4.78 is 6.15. The molecule has 0 fully saturated rings. The summed E-state index contributed by atoms with van der Waals surface area (Å²) in [6.45, 7) is 0. The number of rotatable bonds is 5. The molecule has 0 saturated carbocycles. The Hall–Kier alpha value is -3.89. The number of fused-ring (bicyclic) bond motifs is 3. The Morgan fingerprint density at radius 3 is 2.74 bits per heavy atom. The van der Waals surface area contributed by atoms with Gasteiger partial charge < -0.3 is 15.2 Å². The van der Waals surface area contributed by atoms with Crippen LogP contribution in [0.1, 0.15) is 17.4 Å². The van der Waals surface area contributed by atoms with Crippen LogP contribution in [0, 0.1) is 10.1 Å². The molecule has 11 heteroatoms. The molecule has 5 rings (SSSR count). The normalized spacial score (nSPS) is 14.2. The molecule has 0 bridgehead atoms. The SMILES string of the molecule is O=[N+]([O-])c1cc([C@@H]2Nc3ccccc3-c3nnc(SCc4ccccc4Cl)nc3O2)ccc1O. The maximum absolute atomic E-state index is 11.3. The Kier molecular flexibility index (Phi) is 5.91. The van der Waals surface area contributed by atoms with E-state index in [2.05, 4.69) is 20.5 Å². The highest BCUT2D eigenvalue weighted by molar-refractivity contribution is 7.98. The van der Waals surface area contributed by atoms with E-state index in [1.54, 1.807) is 6.07 Å². The number of nitrogens with one attached hydrogen (secondary N) is 1. The van der Waals surface area contributed by atoms with Gasteiger partial charge >= 0.3 is 5.69 Å². The summed E-state index contributed by atoms with van der Waals surface area (Å²) in [6, 6.07) is 19.0. The van der Waals surface area contributed by atoms with Crippen LogP contribution in [0.5, 0.6) is 11.6 Å². The highest BCUT2D eigenvalue weighted by atomic mass is 35.5. The van der Waals surface area contributed by atoms with E-state index in [0.717, 1.165) is 11.1 Å². The molecule has 0 unspecified atom stereocenters. The average molecular weight is 494 g/mol. The number of phenols is 1. The minimum atomic E-state index is -0.820. The second-order valence-electron chi connectivity index (χ2n) is 7.32. The Bertz CT molecular complexity index is 1400. The smallest absolute Gasteiger partial charge is 0.311 e. The van der Waals surface area contributed by atoms with Gasteiger partial charge in [0.2, 0.25) is 11.0 Å². The minimum Gasteiger partial charge on any atom is -0.502 e. The molecule has 1 atom stereocenters. The molecule has 9 nitrogen and oxygen atoms in total. The van der Waals surface area contributed by atoms with Crippen LogP contribution in [0.2, 0.25) is 5.02 Å². The van der Waals surface area contributed by atoms with Gasteiger partial charge in [0.1, 0.15) is 0 Å². The van der Waals surface area contributed by atoms with Gasteiger partial charge in [-0.25, -0.2) is 0 Å². The second kappa shape index (κ2) is 9.16. The van der Waals surface area contributed by atoms with Crippen LogP contribution in [0.25, 0.3) is 11.3 Å². The third-order valence-corrected chi connectivity index (χ3v) is 6.40. The number of hydrogen-bond donors (Lipinski definition) is 2. The van der Waals surface area contributed by atoms with Crippen molar-refractivity contribution in [1.82, 2.24) is 15.2 Å². The number of aromatic nitrogens is 3. The quantitative estimate of drug-likeness (QED) is 0.207. The van der Waals surface area contributed by atoms with Crippen LogP contribution < -0.4 is 10.1 Å². The molecule has 170 valence electrons. The summed E-state index contributed by atoms with van der Waals surface area (Å²) in [6.07, 6.45) is -0.820. The lowest BCUT2D eigenvalue weighted by atomic mass is 10.1. The first kappa shape index (κ1) is 21.9. The molecule has 1 aliphatic heterocycles. The molecule has 2 heterocycles. The number of nitro groups is 1. The molecule has 0 aliphatic carbocycles. The fourth-order valence-corrected chi connectivity index (χ4v) is 4.53. The number of ether oxygens (including phenoxy) is 1. The van der Waals surface area contributed by atoms with Crippen molar-refractivity contribution >= 4 is 34.7 Å². The lowest BCUT2D eigenvalue weighted by molar-refractivity contribution is -0.386. The summed E-state index contributed by atoms with van der Waals surface area (Å²) >= 11 is 7.61. The first-order valence-corrected chi connectivity index (χ1v) is 11.5. The topological polar surface area (TPSA) is 123 Å². The minimum absolute atomic E-state index is 0.231. The molecule has 0 spiro atoms. The molecule has 0 saturated heterocycles. The van der Waals surface area contributed by atoms with E-state index in [1.807, 2.05) is 48.5 Å². The molecule has 0 radical (unpaired) electrons. The number of benzene rings is 3. The van der Waals surface area contributed by atoms with Crippen molar-refractivity contribution in [2.24, 2.45) is 0 Å². The Balaban J connectivity index is 1.51. The molecule has 1 aliphatic rings. The number of nitro benzene ring substituents is 1. The maximum Gasteiger partial charge on any atom is 0.311 e. The van der Waals surface area contributed by atoms with E-state index < -0.39 is 22.6 Å².